The standard InChI is InChI=1S/C23H21ClF2N6OS/c1-11-19(29-10-34-11)23(33)31-14-4-2-3-13(7-14)30-22-18(26)9-28-21(32-22)16-8-27-20-15(16)5-12(24)6-17(20)25/h5-6,8-10,13-14,27H,2-4,7H2,1H3,(H,31,33)(H,28,30,32)/t13-,14+/m0/s1. The average Bonchev–Trinajstić information content (AvgIpc) is 3.42. The number of nitrogens with zero attached hydrogens (tertiary/aromatic N) is 3. The third-order valence-electron chi connectivity index (χ3n) is 6.00. The van der Waals surface area contributed by atoms with Crippen LogP contribution in [0.15, 0.2) is 30.0 Å². The zero-order valence-corrected chi connectivity index (χ0v) is 19.7. The van der Waals surface area contributed by atoms with Crippen LogP contribution in [0, 0.1) is 18.6 Å². The molecular formula is C23H21ClF2N6OS. The topological polar surface area (TPSA) is 95.6 Å². The van der Waals surface area contributed by atoms with E-state index >= 15 is 0 Å². The average molecular weight is 503 g/mol. The number of rotatable bonds is 5. The number of aromatic amines is 1. The molecule has 2 atom stereocenters. The van der Waals surface area contributed by atoms with Crippen LogP contribution in [0.2, 0.25) is 5.02 Å². The summed E-state index contributed by atoms with van der Waals surface area (Å²) in [6, 6.07) is 2.70. The van der Waals surface area contributed by atoms with E-state index in [-0.39, 0.29) is 40.2 Å². The molecule has 1 aromatic carbocycles. The second-order valence-electron chi connectivity index (χ2n) is 8.34. The Kier molecular flexibility index (Phi) is 6.18. The molecule has 1 saturated carbocycles. The molecule has 0 unspecified atom stereocenters. The van der Waals surface area contributed by atoms with Crippen LogP contribution >= 0.6 is 22.9 Å². The van der Waals surface area contributed by atoms with Crippen molar-refractivity contribution in [3.8, 4) is 11.4 Å². The lowest BCUT2D eigenvalue weighted by molar-refractivity contribution is 0.0921. The van der Waals surface area contributed by atoms with Gasteiger partial charge in [0.1, 0.15) is 11.5 Å². The number of nitrogens with one attached hydrogen (secondary N) is 3. The molecule has 5 rings (SSSR count). The molecule has 4 aromatic rings. The van der Waals surface area contributed by atoms with Gasteiger partial charge in [-0.1, -0.05) is 11.6 Å². The van der Waals surface area contributed by atoms with Gasteiger partial charge in [0.25, 0.3) is 5.91 Å². The fraction of sp³-hybridized carbons (Fsp3) is 0.304. The summed E-state index contributed by atoms with van der Waals surface area (Å²) < 4.78 is 28.8. The third kappa shape index (κ3) is 4.47. The van der Waals surface area contributed by atoms with Gasteiger partial charge in [-0.2, -0.15) is 0 Å². The number of benzene rings is 1. The monoisotopic (exact) mass is 502 g/mol. The predicted molar refractivity (Wildman–Crippen MR) is 128 cm³/mol. The van der Waals surface area contributed by atoms with Gasteiger partial charge in [0.2, 0.25) is 0 Å². The minimum absolute atomic E-state index is 0.0528. The van der Waals surface area contributed by atoms with E-state index in [2.05, 4.69) is 30.6 Å². The van der Waals surface area contributed by atoms with E-state index in [9.17, 15) is 13.6 Å². The van der Waals surface area contributed by atoms with E-state index in [0.29, 0.717) is 23.1 Å². The molecule has 7 nitrogen and oxygen atoms in total. The molecule has 0 aliphatic heterocycles. The van der Waals surface area contributed by atoms with Crippen molar-refractivity contribution in [2.45, 2.75) is 44.7 Å². The summed E-state index contributed by atoms with van der Waals surface area (Å²) in [5.41, 5.74) is 2.90. The Morgan fingerprint density at radius 3 is 2.82 bits per heavy atom. The van der Waals surface area contributed by atoms with E-state index < -0.39 is 11.6 Å². The Hall–Kier alpha value is -3.11. The van der Waals surface area contributed by atoms with Gasteiger partial charge in [0.15, 0.2) is 17.5 Å². The normalized spacial score (nSPS) is 18.2. The number of carbonyl (C=O) groups excluding carboxylic acids is 1. The Morgan fingerprint density at radius 1 is 1.21 bits per heavy atom. The molecule has 1 aliphatic carbocycles. The fourth-order valence-electron chi connectivity index (χ4n) is 4.36. The summed E-state index contributed by atoms with van der Waals surface area (Å²) in [6.45, 7) is 1.86. The first-order valence-electron chi connectivity index (χ1n) is 10.9. The SMILES string of the molecule is Cc1scnc1C(=O)N[C@@H]1CCC[C@H](Nc2nc(-c3c[nH]c4c(F)cc(Cl)cc34)ncc2F)C1. The van der Waals surface area contributed by atoms with Crippen LogP contribution in [0.5, 0.6) is 0 Å². The lowest BCUT2D eigenvalue weighted by Crippen LogP contribution is -2.42. The first-order chi connectivity index (χ1) is 16.4. The van der Waals surface area contributed by atoms with Crippen LogP contribution in [0.3, 0.4) is 0 Å². The Morgan fingerprint density at radius 2 is 2.03 bits per heavy atom. The lowest BCUT2D eigenvalue weighted by atomic mass is 9.91. The minimum Gasteiger partial charge on any atom is -0.365 e. The summed E-state index contributed by atoms with van der Waals surface area (Å²) in [5.74, 6) is -0.954. The van der Waals surface area contributed by atoms with Gasteiger partial charge < -0.3 is 15.6 Å². The van der Waals surface area contributed by atoms with Crippen molar-refractivity contribution in [1.82, 2.24) is 25.3 Å². The molecule has 1 fully saturated rings. The Bertz CT molecular complexity index is 1370. The number of halogens is 3. The Balaban J connectivity index is 1.33. The van der Waals surface area contributed by atoms with Gasteiger partial charge in [-0.15, -0.1) is 11.3 Å². The number of hydrogen-bond donors (Lipinski definition) is 3. The van der Waals surface area contributed by atoms with E-state index in [1.165, 1.54) is 17.4 Å². The maximum Gasteiger partial charge on any atom is 0.271 e. The number of fused-ring (bicyclic) bond motifs is 1. The molecule has 3 heterocycles. The van der Waals surface area contributed by atoms with E-state index in [1.807, 2.05) is 6.92 Å². The number of aryl methyl sites for hydroxylation is 1. The van der Waals surface area contributed by atoms with Crippen molar-refractivity contribution in [1.29, 1.82) is 0 Å². The van der Waals surface area contributed by atoms with Crippen molar-refractivity contribution in [2.24, 2.45) is 0 Å². The van der Waals surface area contributed by atoms with Gasteiger partial charge in [-0.3, -0.25) is 4.79 Å². The highest BCUT2D eigenvalue weighted by Gasteiger charge is 2.26. The number of amides is 1. The van der Waals surface area contributed by atoms with Gasteiger partial charge in [-0.05, 0) is 44.7 Å². The molecule has 3 N–H and O–H groups in total. The molecule has 0 bridgehead atoms. The van der Waals surface area contributed by atoms with Crippen molar-refractivity contribution < 1.29 is 13.6 Å². The van der Waals surface area contributed by atoms with Crippen LogP contribution in [-0.4, -0.2) is 37.9 Å². The van der Waals surface area contributed by atoms with Crippen LogP contribution in [0.25, 0.3) is 22.3 Å². The van der Waals surface area contributed by atoms with Gasteiger partial charge in [-0.25, -0.2) is 23.7 Å². The van der Waals surface area contributed by atoms with Crippen LogP contribution in [-0.2, 0) is 0 Å². The van der Waals surface area contributed by atoms with Crippen LogP contribution < -0.4 is 10.6 Å². The van der Waals surface area contributed by atoms with Crippen LogP contribution in [0.4, 0.5) is 14.6 Å². The molecule has 1 aliphatic rings. The first kappa shape index (κ1) is 22.7. The molecule has 176 valence electrons. The highest BCUT2D eigenvalue weighted by atomic mass is 35.5. The lowest BCUT2D eigenvalue weighted by Gasteiger charge is -2.30. The molecule has 34 heavy (non-hydrogen) atoms. The van der Waals surface area contributed by atoms with Gasteiger partial charge >= 0.3 is 0 Å². The number of aromatic nitrogens is 4. The van der Waals surface area contributed by atoms with E-state index in [1.54, 1.807) is 17.8 Å². The second-order valence-corrected chi connectivity index (χ2v) is 9.83. The van der Waals surface area contributed by atoms with Crippen molar-refractivity contribution in [3.05, 3.63) is 57.3 Å². The van der Waals surface area contributed by atoms with Crippen molar-refractivity contribution in [3.63, 3.8) is 0 Å². The van der Waals surface area contributed by atoms with Crippen molar-refractivity contribution >= 4 is 45.6 Å². The van der Waals surface area contributed by atoms with Crippen molar-refractivity contribution in [2.75, 3.05) is 5.32 Å². The summed E-state index contributed by atoms with van der Waals surface area (Å²) in [6.07, 6.45) is 5.83. The maximum atomic E-state index is 14.6. The van der Waals surface area contributed by atoms with Gasteiger partial charge in [0.05, 0.1) is 17.2 Å². The number of hydrogen-bond acceptors (Lipinski definition) is 6. The number of carbonyl (C=O) groups is 1. The third-order valence-corrected chi connectivity index (χ3v) is 6.98. The number of anilines is 1. The first-order valence-corrected chi connectivity index (χ1v) is 12.1. The van der Waals surface area contributed by atoms with E-state index in [4.69, 9.17) is 11.6 Å². The summed E-state index contributed by atoms with van der Waals surface area (Å²) >= 11 is 7.45. The molecule has 0 radical (unpaired) electrons. The summed E-state index contributed by atoms with van der Waals surface area (Å²) in [7, 11) is 0. The highest BCUT2D eigenvalue weighted by molar-refractivity contribution is 7.09. The number of thiazole rings is 1. The molecule has 3 aromatic heterocycles. The molecular weight excluding hydrogens is 482 g/mol. The molecule has 0 spiro atoms. The predicted octanol–water partition coefficient (Wildman–Crippen LogP) is 5.47. The molecule has 11 heteroatoms. The second kappa shape index (κ2) is 9.27. The quantitative estimate of drug-likeness (QED) is 0.336. The highest BCUT2D eigenvalue weighted by Crippen LogP contribution is 2.32. The molecule has 0 saturated heterocycles. The van der Waals surface area contributed by atoms with Crippen LogP contribution in [0.1, 0.15) is 41.0 Å². The van der Waals surface area contributed by atoms with E-state index in [0.717, 1.165) is 30.3 Å². The minimum atomic E-state index is -0.586. The zero-order valence-electron chi connectivity index (χ0n) is 18.2. The Labute approximate surface area is 203 Å². The summed E-state index contributed by atoms with van der Waals surface area (Å²) in [4.78, 5) is 28.9. The maximum absolute atomic E-state index is 14.6. The van der Waals surface area contributed by atoms with Gasteiger partial charge in [0, 0.05) is 39.1 Å². The number of H-pyrrole nitrogens is 1. The fourth-order valence-corrected chi connectivity index (χ4v) is 5.14. The molecule has 1 amide bonds. The zero-order chi connectivity index (χ0) is 23.8. The largest absolute Gasteiger partial charge is 0.365 e. The smallest absolute Gasteiger partial charge is 0.271 e. The summed E-state index contributed by atoms with van der Waals surface area (Å²) in [5, 5.41) is 6.97.